The van der Waals surface area contributed by atoms with Crippen LogP contribution in [0, 0.1) is 20.8 Å². The lowest BCUT2D eigenvalue weighted by molar-refractivity contribution is 0.485. The highest BCUT2D eigenvalue weighted by Crippen LogP contribution is 2.26. The highest BCUT2D eigenvalue weighted by molar-refractivity contribution is 7.98. The van der Waals surface area contributed by atoms with Gasteiger partial charge in [0.05, 0.1) is 5.75 Å². The third kappa shape index (κ3) is 2.64. The zero-order chi connectivity index (χ0) is 11.5. The number of rotatable bonds is 3. The molecule has 4 heteroatoms. The van der Waals surface area contributed by atoms with Crippen molar-refractivity contribution in [1.29, 1.82) is 0 Å². The summed E-state index contributed by atoms with van der Waals surface area (Å²) in [5.74, 6) is 2.03. The summed E-state index contributed by atoms with van der Waals surface area (Å²) in [6, 6.07) is 6.44. The van der Waals surface area contributed by atoms with Gasteiger partial charge in [-0.15, -0.1) is 22.0 Å². The lowest BCUT2D eigenvalue weighted by atomic mass is 10.2. The molecule has 0 saturated carbocycles. The second kappa shape index (κ2) is 4.70. The van der Waals surface area contributed by atoms with Crippen molar-refractivity contribution < 1.29 is 4.42 Å². The summed E-state index contributed by atoms with van der Waals surface area (Å²) in [5, 5.41) is 7.78. The molecule has 0 atom stereocenters. The van der Waals surface area contributed by atoms with Crippen molar-refractivity contribution in [2.24, 2.45) is 0 Å². The Balaban J connectivity index is 2.07. The van der Waals surface area contributed by atoms with Crippen LogP contribution in [0.1, 0.15) is 22.9 Å². The third-order valence-corrected chi connectivity index (χ3v) is 3.40. The van der Waals surface area contributed by atoms with E-state index in [1.165, 1.54) is 16.0 Å². The Hall–Kier alpha value is -1.29. The minimum absolute atomic E-state index is 0.622. The van der Waals surface area contributed by atoms with Crippen LogP contribution in [0.2, 0.25) is 0 Å². The Morgan fingerprint density at radius 2 is 2.00 bits per heavy atom. The van der Waals surface area contributed by atoms with E-state index < -0.39 is 0 Å². The third-order valence-electron chi connectivity index (χ3n) is 2.26. The van der Waals surface area contributed by atoms with Crippen LogP contribution in [-0.2, 0) is 5.75 Å². The maximum atomic E-state index is 5.33. The summed E-state index contributed by atoms with van der Waals surface area (Å²) in [7, 11) is 0. The van der Waals surface area contributed by atoms with E-state index >= 15 is 0 Å². The Morgan fingerprint density at radius 3 is 2.69 bits per heavy atom. The summed E-state index contributed by atoms with van der Waals surface area (Å²) >= 11 is 1.73. The smallest absolute Gasteiger partial charge is 0.226 e. The molecule has 1 heterocycles. The topological polar surface area (TPSA) is 38.9 Å². The van der Waals surface area contributed by atoms with Crippen molar-refractivity contribution in [3.8, 4) is 0 Å². The van der Waals surface area contributed by atoms with Crippen LogP contribution < -0.4 is 0 Å². The monoisotopic (exact) mass is 234 g/mol. The van der Waals surface area contributed by atoms with Gasteiger partial charge in [-0.1, -0.05) is 17.7 Å². The van der Waals surface area contributed by atoms with Crippen molar-refractivity contribution in [2.45, 2.75) is 31.4 Å². The summed E-state index contributed by atoms with van der Waals surface area (Å²) in [6.45, 7) is 6.01. The van der Waals surface area contributed by atoms with Crippen molar-refractivity contribution >= 4 is 11.8 Å². The van der Waals surface area contributed by atoms with Gasteiger partial charge < -0.3 is 4.42 Å². The van der Waals surface area contributed by atoms with E-state index in [-0.39, 0.29) is 0 Å². The van der Waals surface area contributed by atoms with Crippen LogP contribution in [-0.4, -0.2) is 10.2 Å². The molecule has 0 amide bonds. The molecule has 2 aromatic rings. The minimum atomic E-state index is 0.622. The maximum Gasteiger partial charge on any atom is 0.226 e. The van der Waals surface area contributed by atoms with E-state index in [1.807, 2.05) is 0 Å². The number of hydrogen-bond donors (Lipinski definition) is 0. The summed E-state index contributed by atoms with van der Waals surface area (Å²) in [6.07, 6.45) is 0. The van der Waals surface area contributed by atoms with Gasteiger partial charge in [-0.2, -0.15) is 0 Å². The number of hydrogen-bond acceptors (Lipinski definition) is 4. The lowest BCUT2D eigenvalue weighted by Gasteiger charge is -2.04. The molecule has 16 heavy (non-hydrogen) atoms. The molecule has 2 rings (SSSR count). The van der Waals surface area contributed by atoms with Crippen LogP contribution in [0.4, 0.5) is 0 Å². The van der Waals surface area contributed by atoms with Gasteiger partial charge in [-0.05, 0) is 25.5 Å². The molecular formula is C12H14N2OS. The van der Waals surface area contributed by atoms with Crippen LogP contribution >= 0.6 is 11.8 Å². The maximum absolute atomic E-state index is 5.33. The second-order valence-corrected chi connectivity index (χ2v) is 4.79. The van der Waals surface area contributed by atoms with Gasteiger partial charge in [0.15, 0.2) is 0 Å². The van der Waals surface area contributed by atoms with Gasteiger partial charge in [-0.25, -0.2) is 0 Å². The molecule has 1 aromatic heterocycles. The number of benzene rings is 1. The van der Waals surface area contributed by atoms with Crippen LogP contribution in [0.15, 0.2) is 27.5 Å². The largest absolute Gasteiger partial charge is 0.425 e. The molecule has 0 bridgehead atoms. The van der Waals surface area contributed by atoms with E-state index in [1.54, 1.807) is 18.7 Å². The first-order valence-corrected chi connectivity index (χ1v) is 6.13. The molecule has 0 aliphatic carbocycles. The van der Waals surface area contributed by atoms with Gasteiger partial charge in [0.25, 0.3) is 0 Å². The molecule has 0 saturated heterocycles. The highest BCUT2D eigenvalue weighted by Gasteiger charge is 2.05. The summed E-state index contributed by atoms with van der Waals surface area (Å²) in [4.78, 5) is 1.27. The fourth-order valence-corrected chi connectivity index (χ4v) is 2.36. The average Bonchev–Trinajstić information content (AvgIpc) is 2.66. The molecule has 3 nitrogen and oxygen atoms in total. The predicted octanol–water partition coefficient (Wildman–Crippen LogP) is 3.29. The number of thioether (sulfide) groups is 1. The zero-order valence-corrected chi connectivity index (χ0v) is 10.5. The first-order valence-electron chi connectivity index (χ1n) is 5.14. The van der Waals surface area contributed by atoms with E-state index in [0.29, 0.717) is 11.8 Å². The predicted molar refractivity (Wildman–Crippen MR) is 64.5 cm³/mol. The number of aryl methyl sites for hydroxylation is 3. The van der Waals surface area contributed by atoms with E-state index in [9.17, 15) is 0 Å². The van der Waals surface area contributed by atoms with Gasteiger partial charge in [-0.3, -0.25) is 0 Å². The molecule has 0 radical (unpaired) electrons. The number of nitrogens with zero attached hydrogens (tertiary/aromatic N) is 2. The Labute approximate surface area is 99.3 Å². The Bertz CT molecular complexity index is 494. The minimum Gasteiger partial charge on any atom is -0.425 e. The Kier molecular flexibility index (Phi) is 3.29. The highest BCUT2D eigenvalue weighted by atomic mass is 32.2. The van der Waals surface area contributed by atoms with Crippen LogP contribution in [0.3, 0.4) is 0 Å². The molecule has 0 spiro atoms. The zero-order valence-electron chi connectivity index (χ0n) is 9.65. The van der Waals surface area contributed by atoms with Gasteiger partial charge in [0.1, 0.15) is 0 Å². The van der Waals surface area contributed by atoms with E-state index in [0.717, 1.165) is 5.75 Å². The van der Waals surface area contributed by atoms with Crippen LogP contribution in [0.25, 0.3) is 0 Å². The van der Waals surface area contributed by atoms with E-state index in [2.05, 4.69) is 42.2 Å². The molecule has 0 N–H and O–H groups in total. The number of aromatic nitrogens is 2. The lowest BCUT2D eigenvalue weighted by Crippen LogP contribution is -1.84. The van der Waals surface area contributed by atoms with Crippen LogP contribution in [0.5, 0.6) is 0 Å². The normalized spacial score (nSPS) is 10.7. The van der Waals surface area contributed by atoms with Gasteiger partial charge >= 0.3 is 0 Å². The molecule has 0 unspecified atom stereocenters. The fourth-order valence-electron chi connectivity index (χ4n) is 1.40. The Morgan fingerprint density at radius 1 is 1.19 bits per heavy atom. The molecule has 1 aromatic carbocycles. The summed E-state index contributed by atoms with van der Waals surface area (Å²) < 4.78 is 5.33. The fraction of sp³-hybridized carbons (Fsp3) is 0.333. The molecular weight excluding hydrogens is 220 g/mol. The second-order valence-electron chi connectivity index (χ2n) is 3.77. The van der Waals surface area contributed by atoms with Crippen molar-refractivity contribution in [3.63, 3.8) is 0 Å². The molecule has 84 valence electrons. The van der Waals surface area contributed by atoms with Gasteiger partial charge in [0, 0.05) is 11.8 Å². The van der Waals surface area contributed by atoms with Crippen molar-refractivity contribution in [1.82, 2.24) is 10.2 Å². The first-order chi connectivity index (χ1) is 7.65. The quantitative estimate of drug-likeness (QED) is 0.764. The molecule has 0 aliphatic heterocycles. The molecule has 0 fully saturated rings. The van der Waals surface area contributed by atoms with Gasteiger partial charge in [0.2, 0.25) is 11.8 Å². The van der Waals surface area contributed by atoms with E-state index in [4.69, 9.17) is 4.42 Å². The average molecular weight is 234 g/mol. The standard InChI is InChI=1S/C12H14N2OS/c1-8-4-5-9(2)11(6-8)16-7-12-14-13-10(3)15-12/h4-6H,7H2,1-3H3. The first kappa shape index (κ1) is 11.2. The van der Waals surface area contributed by atoms with Crippen molar-refractivity contribution in [2.75, 3.05) is 0 Å². The SMILES string of the molecule is Cc1ccc(C)c(SCc2nnc(C)o2)c1. The summed E-state index contributed by atoms with van der Waals surface area (Å²) in [5.41, 5.74) is 2.56. The van der Waals surface area contributed by atoms with Crippen molar-refractivity contribution in [3.05, 3.63) is 41.1 Å². The molecule has 0 aliphatic rings.